The second-order valence-electron chi connectivity index (χ2n) is 4.52. The van der Waals surface area contributed by atoms with Crippen LogP contribution in [0.5, 0.6) is 0 Å². The Balaban J connectivity index is 2.74. The van der Waals surface area contributed by atoms with Crippen LogP contribution in [0.4, 0.5) is 0 Å². The average molecular weight is 228 g/mol. The molecule has 92 valence electrons. The summed E-state index contributed by atoms with van der Waals surface area (Å²) in [7, 11) is 0. The number of hydrogen-bond donors (Lipinski definition) is 2. The Morgan fingerprint density at radius 1 is 1.38 bits per heavy atom. The molecule has 16 heavy (non-hydrogen) atoms. The number of piperidine rings is 1. The highest BCUT2D eigenvalue weighted by molar-refractivity contribution is 5.80. The third-order valence-electron chi connectivity index (χ3n) is 3.51. The second-order valence-corrected chi connectivity index (χ2v) is 4.52. The molecular formula is C11H20N2O3. The third kappa shape index (κ3) is 2.72. The second kappa shape index (κ2) is 5.30. The Labute approximate surface area is 95.6 Å². The number of carbonyl (C=O) groups excluding carboxylic acids is 1. The summed E-state index contributed by atoms with van der Waals surface area (Å²) in [5, 5.41) is 8.97. The number of amides is 1. The molecule has 1 saturated heterocycles. The predicted octanol–water partition coefficient (Wildman–Crippen LogP) is 0.435. The highest BCUT2D eigenvalue weighted by atomic mass is 16.4. The van der Waals surface area contributed by atoms with Crippen LogP contribution in [0.15, 0.2) is 0 Å². The first-order valence-corrected chi connectivity index (χ1v) is 5.73. The number of primary amides is 1. The van der Waals surface area contributed by atoms with Crippen molar-refractivity contribution in [1.29, 1.82) is 0 Å². The normalized spacial score (nSPS) is 26.0. The van der Waals surface area contributed by atoms with E-state index in [1.807, 2.05) is 11.8 Å². The topological polar surface area (TPSA) is 83.6 Å². The fraction of sp³-hybridized carbons (Fsp3) is 0.818. The van der Waals surface area contributed by atoms with E-state index in [1.54, 1.807) is 6.92 Å². The Morgan fingerprint density at radius 3 is 2.50 bits per heavy atom. The van der Waals surface area contributed by atoms with Gasteiger partial charge in [0, 0.05) is 6.04 Å². The minimum atomic E-state index is -0.832. The van der Waals surface area contributed by atoms with Gasteiger partial charge in [0.15, 0.2) is 0 Å². The number of carbonyl (C=O) groups is 2. The van der Waals surface area contributed by atoms with Gasteiger partial charge in [-0.15, -0.1) is 0 Å². The van der Waals surface area contributed by atoms with Gasteiger partial charge in [0.2, 0.25) is 5.91 Å². The lowest BCUT2D eigenvalue weighted by Gasteiger charge is -2.39. The van der Waals surface area contributed by atoms with Crippen LogP contribution < -0.4 is 5.73 Å². The van der Waals surface area contributed by atoms with E-state index in [0.29, 0.717) is 0 Å². The number of rotatable bonds is 4. The van der Waals surface area contributed by atoms with Gasteiger partial charge in [-0.1, -0.05) is 13.3 Å². The highest BCUT2D eigenvalue weighted by Crippen LogP contribution is 2.23. The van der Waals surface area contributed by atoms with Crippen molar-refractivity contribution >= 4 is 11.9 Å². The van der Waals surface area contributed by atoms with Crippen molar-refractivity contribution in [3.05, 3.63) is 0 Å². The summed E-state index contributed by atoms with van der Waals surface area (Å²) in [4.78, 5) is 24.1. The molecule has 5 heteroatoms. The van der Waals surface area contributed by atoms with Crippen molar-refractivity contribution in [2.24, 2.45) is 11.7 Å². The van der Waals surface area contributed by atoms with E-state index in [1.165, 1.54) is 0 Å². The molecule has 1 fully saturated rings. The summed E-state index contributed by atoms with van der Waals surface area (Å²) in [6.07, 6.45) is 2.73. The van der Waals surface area contributed by atoms with Crippen LogP contribution in [0.25, 0.3) is 0 Å². The molecule has 0 radical (unpaired) electrons. The number of likely N-dealkylation sites (tertiary alicyclic amines) is 1. The standard InChI is InChI=1S/C11H20N2O3/c1-7(11(15)16)8(2)13-6-4-3-5-9(13)10(12)14/h7-9H,3-6H2,1-2H3,(H2,12,14)(H,15,16). The van der Waals surface area contributed by atoms with Gasteiger partial charge in [0.1, 0.15) is 0 Å². The Kier molecular flexibility index (Phi) is 4.29. The van der Waals surface area contributed by atoms with Crippen molar-refractivity contribution < 1.29 is 14.7 Å². The number of nitrogens with two attached hydrogens (primary N) is 1. The van der Waals surface area contributed by atoms with Gasteiger partial charge in [0.25, 0.3) is 0 Å². The number of nitrogens with zero attached hydrogens (tertiary/aromatic N) is 1. The van der Waals surface area contributed by atoms with E-state index < -0.39 is 11.9 Å². The maximum atomic E-state index is 11.3. The van der Waals surface area contributed by atoms with E-state index in [4.69, 9.17) is 10.8 Å². The van der Waals surface area contributed by atoms with E-state index in [9.17, 15) is 9.59 Å². The Hall–Kier alpha value is -1.10. The molecule has 1 amide bonds. The van der Waals surface area contributed by atoms with Crippen LogP contribution in [-0.2, 0) is 9.59 Å². The highest BCUT2D eigenvalue weighted by Gasteiger charge is 2.34. The summed E-state index contributed by atoms with van der Waals surface area (Å²) in [6, 6.07) is -0.458. The number of aliphatic carboxylic acids is 1. The fourth-order valence-corrected chi connectivity index (χ4v) is 2.24. The van der Waals surface area contributed by atoms with Crippen molar-refractivity contribution in [3.63, 3.8) is 0 Å². The largest absolute Gasteiger partial charge is 0.481 e. The van der Waals surface area contributed by atoms with Crippen molar-refractivity contribution in [2.75, 3.05) is 6.54 Å². The molecule has 5 nitrogen and oxygen atoms in total. The quantitative estimate of drug-likeness (QED) is 0.731. The van der Waals surface area contributed by atoms with Crippen LogP contribution in [0.2, 0.25) is 0 Å². The molecule has 3 atom stereocenters. The van der Waals surface area contributed by atoms with Crippen molar-refractivity contribution in [3.8, 4) is 0 Å². The third-order valence-corrected chi connectivity index (χ3v) is 3.51. The Bertz CT molecular complexity index is 280. The lowest BCUT2D eigenvalue weighted by Crippen LogP contribution is -2.54. The molecule has 3 unspecified atom stereocenters. The van der Waals surface area contributed by atoms with Crippen LogP contribution >= 0.6 is 0 Å². The monoisotopic (exact) mass is 228 g/mol. The van der Waals surface area contributed by atoms with Crippen LogP contribution in [0.3, 0.4) is 0 Å². The molecule has 1 rings (SSSR count). The van der Waals surface area contributed by atoms with E-state index >= 15 is 0 Å². The molecule has 3 N–H and O–H groups in total. The van der Waals surface area contributed by atoms with Crippen molar-refractivity contribution in [2.45, 2.75) is 45.2 Å². The van der Waals surface area contributed by atoms with Crippen molar-refractivity contribution in [1.82, 2.24) is 4.90 Å². The summed E-state index contributed by atoms with van der Waals surface area (Å²) in [5.74, 6) is -1.66. The molecule has 1 heterocycles. The van der Waals surface area contributed by atoms with Gasteiger partial charge in [-0.25, -0.2) is 0 Å². The van der Waals surface area contributed by atoms with Gasteiger partial charge >= 0.3 is 5.97 Å². The SMILES string of the molecule is CC(C(=O)O)C(C)N1CCCCC1C(N)=O. The molecular weight excluding hydrogens is 208 g/mol. The molecule has 1 aliphatic heterocycles. The fourth-order valence-electron chi connectivity index (χ4n) is 2.24. The minimum absolute atomic E-state index is 0.157. The zero-order valence-electron chi connectivity index (χ0n) is 9.85. The maximum absolute atomic E-state index is 11.3. The average Bonchev–Trinajstić information content (AvgIpc) is 2.26. The number of carboxylic acid groups (broad SMARTS) is 1. The van der Waals surface area contributed by atoms with E-state index in [2.05, 4.69) is 0 Å². The van der Waals surface area contributed by atoms with Crippen LogP contribution in [0, 0.1) is 5.92 Å². The molecule has 0 aliphatic carbocycles. The smallest absolute Gasteiger partial charge is 0.307 e. The summed E-state index contributed by atoms with van der Waals surface area (Å²) < 4.78 is 0. The molecule has 0 saturated carbocycles. The molecule has 0 bridgehead atoms. The summed E-state index contributed by atoms with van der Waals surface area (Å²) in [6.45, 7) is 4.27. The zero-order chi connectivity index (χ0) is 12.3. The summed E-state index contributed by atoms with van der Waals surface area (Å²) in [5.41, 5.74) is 5.34. The molecule has 0 aromatic heterocycles. The van der Waals surface area contributed by atoms with Gasteiger partial charge in [0.05, 0.1) is 12.0 Å². The number of hydrogen-bond acceptors (Lipinski definition) is 3. The number of carboxylic acids is 1. The van der Waals surface area contributed by atoms with Gasteiger partial charge < -0.3 is 10.8 Å². The van der Waals surface area contributed by atoms with Crippen LogP contribution in [-0.4, -0.2) is 40.5 Å². The first-order chi connectivity index (χ1) is 7.45. The minimum Gasteiger partial charge on any atom is -0.481 e. The maximum Gasteiger partial charge on any atom is 0.307 e. The molecule has 1 aliphatic rings. The molecule has 0 spiro atoms. The lowest BCUT2D eigenvalue weighted by molar-refractivity contribution is -0.145. The predicted molar refractivity (Wildman–Crippen MR) is 59.8 cm³/mol. The van der Waals surface area contributed by atoms with Gasteiger partial charge in [-0.2, -0.15) is 0 Å². The van der Waals surface area contributed by atoms with E-state index in [-0.39, 0.29) is 18.0 Å². The molecule has 0 aromatic carbocycles. The lowest BCUT2D eigenvalue weighted by atomic mass is 9.94. The first-order valence-electron chi connectivity index (χ1n) is 5.73. The molecule has 0 aromatic rings. The van der Waals surface area contributed by atoms with Gasteiger partial charge in [-0.05, 0) is 26.3 Å². The first kappa shape index (κ1) is 13.0. The zero-order valence-corrected chi connectivity index (χ0v) is 9.85. The van der Waals surface area contributed by atoms with Crippen LogP contribution in [0.1, 0.15) is 33.1 Å². The van der Waals surface area contributed by atoms with E-state index in [0.717, 1.165) is 25.8 Å². The Morgan fingerprint density at radius 2 is 2.00 bits per heavy atom. The summed E-state index contributed by atoms with van der Waals surface area (Å²) >= 11 is 0. The van der Waals surface area contributed by atoms with Gasteiger partial charge in [-0.3, -0.25) is 14.5 Å².